The van der Waals surface area contributed by atoms with Crippen LogP contribution in [0.4, 0.5) is 5.69 Å². The number of nitrogens with one attached hydrogen (secondary N) is 3. The number of rotatable bonds is 4. The van der Waals surface area contributed by atoms with E-state index < -0.39 is 0 Å². The van der Waals surface area contributed by atoms with E-state index in [4.69, 9.17) is 0 Å². The maximum atomic E-state index is 4.32. The molecule has 0 unspecified atom stereocenters. The van der Waals surface area contributed by atoms with Crippen molar-refractivity contribution < 1.29 is 0 Å². The van der Waals surface area contributed by atoms with Crippen LogP contribution in [0.2, 0.25) is 0 Å². The molecule has 0 radical (unpaired) electrons. The van der Waals surface area contributed by atoms with E-state index in [-0.39, 0.29) is 0 Å². The number of hydrazone groups is 1. The maximum Gasteiger partial charge on any atom is 0.214 e. The maximum absolute atomic E-state index is 4.32. The van der Waals surface area contributed by atoms with Crippen LogP contribution in [0.3, 0.4) is 0 Å². The zero-order valence-corrected chi connectivity index (χ0v) is 11.0. The fourth-order valence-corrected chi connectivity index (χ4v) is 1.29. The Morgan fingerprint density at radius 2 is 1.47 bits per heavy atom. The third-order valence-electron chi connectivity index (χ3n) is 1.92. The van der Waals surface area contributed by atoms with Crippen molar-refractivity contribution >= 4 is 11.6 Å². The highest BCUT2D eigenvalue weighted by molar-refractivity contribution is 5.81. The lowest BCUT2D eigenvalue weighted by atomic mass is 10.3. The number of benzene rings is 1. The molecule has 0 atom stereocenters. The molecule has 0 aliphatic heterocycles. The van der Waals surface area contributed by atoms with Gasteiger partial charge in [-0.3, -0.25) is 5.43 Å². The van der Waals surface area contributed by atoms with Gasteiger partial charge in [-0.15, -0.1) is 5.10 Å². The van der Waals surface area contributed by atoms with Crippen molar-refractivity contribution in [3.05, 3.63) is 30.3 Å². The van der Waals surface area contributed by atoms with E-state index in [0.29, 0.717) is 12.1 Å². The standard InChI is InChI=1S/C13H22N4/c1-10(2)14-13(15-11(3)4)17-16-12-8-6-5-7-9-12/h5-11,16H,1-4H3,(H2,14,15,17). The van der Waals surface area contributed by atoms with Crippen LogP contribution in [-0.4, -0.2) is 18.0 Å². The van der Waals surface area contributed by atoms with Gasteiger partial charge in [-0.05, 0) is 39.8 Å². The van der Waals surface area contributed by atoms with E-state index in [0.717, 1.165) is 11.6 Å². The molecule has 4 heteroatoms. The molecule has 0 aliphatic carbocycles. The second-order valence-corrected chi connectivity index (χ2v) is 4.54. The third-order valence-corrected chi connectivity index (χ3v) is 1.92. The molecule has 94 valence electrons. The van der Waals surface area contributed by atoms with Crippen LogP contribution in [0.1, 0.15) is 27.7 Å². The van der Waals surface area contributed by atoms with Crippen molar-refractivity contribution in [1.82, 2.24) is 10.6 Å². The first-order chi connectivity index (χ1) is 8.08. The van der Waals surface area contributed by atoms with Crippen molar-refractivity contribution in [1.29, 1.82) is 0 Å². The van der Waals surface area contributed by atoms with Gasteiger partial charge in [0.25, 0.3) is 0 Å². The molecule has 1 rings (SSSR count). The van der Waals surface area contributed by atoms with Gasteiger partial charge in [0.2, 0.25) is 5.96 Å². The SMILES string of the molecule is CC(C)NC(=NNc1ccccc1)NC(C)C. The highest BCUT2D eigenvalue weighted by atomic mass is 15.4. The summed E-state index contributed by atoms with van der Waals surface area (Å²) in [6.07, 6.45) is 0. The van der Waals surface area contributed by atoms with Crippen LogP contribution < -0.4 is 16.1 Å². The van der Waals surface area contributed by atoms with Crippen molar-refractivity contribution in [3.8, 4) is 0 Å². The molecule has 0 fully saturated rings. The molecule has 0 bridgehead atoms. The fourth-order valence-electron chi connectivity index (χ4n) is 1.29. The summed E-state index contributed by atoms with van der Waals surface area (Å²) in [5.74, 6) is 0.763. The summed E-state index contributed by atoms with van der Waals surface area (Å²) in [6, 6.07) is 10.6. The number of nitrogens with zero attached hydrogens (tertiary/aromatic N) is 1. The molecule has 0 amide bonds. The van der Waals surface area contributed by atoms with Crippen LogP contribution in [0.15, 0.2) is 35.4 Å². The van der Waals surface area contributed by atoms with Gasteiger partial charge in [-0.25, -0.2) is 0 Å². The molecule has 1 aromatic carbocycles. The third kappa shape index (κ3) is 5.80. The van der Waals surface area contributed by atoms with Gasteiger partial charge < -0.3 is 10.6 Å². The Labute approximate surface area is 104 Å². The lowest BCUT2D eigenvalue weighted by Gasteiger charge is -2.17. The fraction of sp³-hybridized carbons (Fsp3) is 0.462. The van der Waals surface area contributed by atoms with E-state index in [1.54, 1.807) is 0 Å². The zero-order chi connectivity index (χ0) is 12.7. The first-order valence-electron chi connectivity index (χ1n) is 5.99. The number of para-hydroxylation sites is 1. The zero-order valence-electron chi connectivity index (χ0n) is 11.0. The normalized spacial score (nSPS) is 10.2. The average Bonchev–Trinajstić information content (AvgIpc) is 2.26. The summed E-state index contributed by atoms with van der Waals surface area (Å²) in [5, 5.41) is 10.8. The highest BCUT2D eigenvalue weighted by Crippen LogP contribution is 2.04. The van der Waals surface area contributed by atoms with E-state index in [9.17, 15) is 0 Å². The van der Waals surface area contributed by atoms with Gasteiger partial charge in [0.1, 0.15) is 0 Å². The van der Waals surface area contributed by atoms with Crippen molar-refractivity contribution in [2.24, 2.45) is 5.10 Å². The molecule has 0 heterocycles. The Kier molecular flexibility index (Phi) is 5.33. The van der Waals surface area contributed by atoms with E-state index in [1.807, 2.05) is 30.3 Å². The summed E-state index contributed by atoms with van der Waals surface area (Å²) in [7, 11) is 0. The van der Waals surface area contributed by atoms with Gasteiger partial charge >= 0.3 is 0 Å². The van der Waals surface area contributed by atoms with Gasteiger partial charge in [0, 0.05) is 12.1 Å². The molecule has 0 spiro atoms. The molecular formula is C13H22N4. The second kappa shape index (κ2) is 6.78. The van der Waals surface area contributed by atoms with Gasteiger partial charge in [0.05, 0.1) is 5.69 Å². The quantitative estimate of drug-likeness (QED) is 0.426. The smallest absolute Gasteiger partial charge is 0.214 e. The number of anilines is 1. The molecule has 1 aromatic rings. The molecule has 0 aliphatic rings. The Hall–Kier alpha value is -1.71. The second-order valence-electron chi connectivity index (χ2n) is 4.54. The largest absolute Gasteiger partial charge is 0.353 e. The molecular weight excluding hydrogens is 212 g/mol. The van der Waals surface area contributed by atoms with Crippen LogP contribution in [-0.2, 0) is 0 Å². The first kappa shape index (κ1) is 13.4. The Morgan fingerprint density at radius 1 is 0.941 bits per heavy atom. The number of guanidine groups is 1. The number of hydrogen-bond acceptors (Lipinski definition) is 2. The monoisotopic (exact) mass is 234 g/mol. The van der Waals surface area contributed by atoms with Gasteiger partial charge in [-0.1, -0.05) is 18.2 Å². The highest BCUT2D eigenvalue weighted by Gasteiger charge is 2.02. The Balaban J connectivity index is 2.62. The minimum absolute atomic E-state index is 0.345. The van der Waals surface area contributed by atoms with Crippen LogP contribution in [0.5, 0.6) is 0 Å². The van der Waals surface area contributed by atoms with Crippen molar-refractivity contribution in [2.45, 2.75) is 39.8 Å². The summed E-state index contributed by atoms with van der Waals surface area (Å²) in [6.45, 7) is 8.33. The molecule has 4 nitrogen and oxygen atoms in total. The molecule has 0 saturated carbocycles. The predicted octanol–water partition coefficient (Wildman–Crippen LogP) is 2.37. The van der Waals surface area contributed by atoms with Gasteiger partial charge in [0.15, 0.2) is 0 Å². The van der Waals surface area contributed by atoms with Crippen molar-refractivity contribution in [3.63, 3.8) is 0 Å². The van der Waals surface area contributed by atoms with Crippen molar-refractivity contribution in [2.75, 3.05) is 5.43 Å². The Bertz CT molecular complexity index is 332. The van der Waals surface area contributed by atoms with Crippen LogP contribution in [0, 0.1) is 0 Å². The van der Waals surface area contributed by atoms with Crippen LogP contribution >= 0.6 is 0 Å². The van der Waals surface area contributed by atoms with Crippen LogP contribution in [0.25, 0.3) is 0 Å². The van der Waals surface area contributed by atoms with Gasteiger partial charge in [-0.2, -0.15) is 0 Å². The minimum Gasteiger partial charge on any atom is -0.353 e. The van der Waals surface area contributed by atoms with E-state index in [2.05, 4.69) is 48.9 Å². The minimum atomic E-state index is 0.345. The summed E-state index contributed by atoms with van der Waals surface area (Å²) in [4.78, 5) is 0. The lowest BCUT2D eigenvalue weighted by Crippen LogP contribution is -2.44. The average molecular weight is 234 g/mol. The lowest BCUT2D eigenvalue weighted by molar-refractivity contribution is 0.659. The predicted molar refractivity (Wildman–Crippen MR) is 74.0 cm³/mol. The molecule has 0 aromatic heterocycles. The molecule has 17 heavy (non-hydrogen) atoms. The number of hydrogen-bond donors (Lipinski definition) is 3. The molecule has 0 saturated heterocycles. The Morgan fingerprint density at radius 3 is 1.94 bits per heavy atom. The summed E-state index contributed by atoms with van der Waals surface area (Å²) >= 11 is 0. The topological polar surface area (TPSA) is 48.5 Å². The summed E-state index contributed by atoms with van der Waals surface area (Å²) in [5.41, 5.74) is 3.99. The molecule has 3 N–H and O–H groups in total. The van der Waals surface area contributed by atoms with E-state index >= 15 is 0 Å². The first-order valence-corrected chi connectivity index (χ1v) is 5.99. The van der Waals surface area contributed by atoms with E-state index in [1.165, 1.54) is 0 Å². The summed E-state index contributed by atoms with van der Waals surface area (Å²) < 4.78 is 0.